The summed E-state index contributed by atoms with van der Waals surface area (Å²) in [4.78, 5) is 6.84. The quantitative estimate of drug-likeness (QED) is 0.904. The van der Waals surface area contributed by atoms with E-state index in [-0.39, 0.29) is 0 Å². The standard InChI is InChI=1S/C17H26N2O2/c1-13(2)19-15-6-7-16(19)10-17(20,9-15)12-21-11-14-5-3-4-8-18-14/h3-5,8,13,15-16,20H,6-7,9-12H2,1-2H3. The zero-order chi connectivity index (χ0) is 14.9. The maximum absolute atomic E-state index is 10.9. The molecule has 2 bridgehead atoms. The van der Waals surface area contributed by atoms with Gasteiger partial charge < -0.3 is 9.84 Å². The highest BCUT2D eigenvalue weighted by Crippen LogP contribution is 2.42. The number of ether oxygens (including phenoxy) is 1. The lowest BCUT2D eigenvalue weighted by atomic mass is 9.86. The van der Waals surface area contributed by atoms with Gasteiger partial charge in [0.1, 0.15) is 0 Å². The van der Waals surface area contributed by atoms with Gasteiger partial charge in [-0.15, -0.1) is 0 Å². The minimum absolute atomic E-state index is 0.419. The van der Waals surface area contributed by atoms with Crippen molar-refractivity contribution in [3.8, 4) is 0 Å². The van der Waals surface area contributed by atoms with E-state index in [4.69, 9.17) is 4.74 Å². The Balaban J connectivity index is 1.55. The number of aliphatic hydroxyl groups is 1. The molecule has 1 aromatic heterocycles. The molecule has 21 heavy (non-hydrogen) atoms. The first kappa shape index (κ1) is 14.9. The van der Waals surface area contributed by atoms with Crippen LogP contribution in [0.2, 0.25) is 0 Å². The maximum atomic E-state index is 10.9. The van der Waals surface area contributed by atoms with E-state index in [0.29, 0.717) is 31.3 Å². The smallest absolute Gasteiger partial charge is 0.0910 e. The summed E-state index contributed by atoms with van der Waals surface area (Å²) in [7, 11) is 0. The van der Waals surface area contributed by atoms with Crippen LogP contribution in [0.25, 0.3) is 0 Å². The van der Waals surface area contributed by atoms with Crippen LogP contribution in [0.3, 0.4) is 0 Å². The first-order chi connectivity index (χ1) is 10.1. The Labute approximate surface area is 127 Å². The van der Waals surface area contributed by atoms with Crippen molar-refractivity contribution in [3.05, 3.63) is 30.1 Å². The summed E-state index contributed by atoms with van der Waals surface area (Å²) in [6, 6.07) is 7.42. The largest absolute Gasteiger partial charge is 0.387 e. The van der Waals surface area contributed by atoms with Gasteiger partial charge in [-0.3, -0.25) is 9.88 Å². The highest BCUT2D eigenvalue weighted by Gasteiger charge is 2.48. The number of fused-ring (bicyclic) bond motifs is 2. The van der Waals surface area contributed by atoms with Crippen LogP contribution in [-0.2, 0) is 11.3 Å². The summed E-state index contributed by atoms with van der Waals surface area (Å²) < 4.78 is 5.75. The highest BCUT2D eigenvalue weighted by molar-refractivity contribution is 5.04. The molecule has 3 rings (SSSR count). The summed E-state index contributed by atoms with van der Waals surface area (Å²) >= 11 is 0. The molecule has 2 unspecified atom stereocenters. The molecule has 1 N–H and O–H groups in total. The minimum atomic E-state index is -0.661. The Bertz CT molecular complexity index is 449. The van der Waals surface area contributed by atoms with E-state index in [1.165, 1.54) is 12.8 Å². The molecule has 116 valence electrons. The molecule has 1 aromatic rings. The van der Waals surface area contributed by atoms with Crippen LogP contribution in [0, 0.1) is 0 Å². The van der Waals surface area contributed by atoms with Crippen molar-refractivity contribution in [2.75, 3.05) is 6.61 Å². The van der Waals surface area contributed by atoms with E-state index in [1.54, 1.807) is 6.20 Å². The molecule has 2 saturated heterocycles. The average molecular weight is 290 g/mol. The predicted molar refractivity (Wildman–Crippen MR) is 81.9 cm³/mol. The number of hydrogen-bond donors (Lipinski definition) is 1. The fraction of sp³-hybridized carbons (Fsp3) is 0.706. The first-order valence-corrected chi connectivity index (χ1v) is 8.05. The van der Waals surface area contributed by atoms with Gasteiger partial charge in [0.2, 0.25) is 0 Å². The molecule has 3 heterocycles. The number of piperidine rings is 1. The van der Waals surface area contributed by atoms with Gasteiger partial charge in [-0.25, -0.2) is 0 Å². The Hall–Kier alpha value is -0.970. The van der Waals surface area contributed by atoms with Gasteiger partial charge in [0.15, 0.2) is 0 Å². The number of nitrogens with zero attached hydrogens (tertiary/aromatic N) is 2. The van der Waals surface area contributed by atoms with Gasteiger partial charge in [-0.05, 0) is 51.7 Å². The van der Waals surface area contributed by atoms with Crippen molar-refractivity contribution in [2.24, 2.45) is 0 Å². The monoisotopic (exact) mass is 290 g/mol. The van der Waals surface area contributed by atoms with Crippen LogP contribution >= 0.6 is 0 Å². The Morgan fingerprint density at radius 2 is 2.05 bits per heavy atom. The molecule has 2 aliphatic heterocycles. The Morgan fingerprint density at radius 3 is 2.62 bits per heavy atom. The molecule has 4 heteroatoms. The van der Waals surface area contributed by atoms with Crippen LogP contribution in [-0.4, -0.2) is 45.3 Å². The minimum Gasteiger partial charge on any atom is -0.387 e. The van der Waals surface area contributed by atoms with Crippen molar-refractivity contribution in [1.29, 1.82) is 0 Å². The first-order valence-electron chi connectivity index (χ1n) is 8.05. The maximum Gasteiger partial charge on any atom is 0.0910 e. The zero-order valence-corrected chi connectivity index (χ0v) is 13.0. The summed E-state index contributed by atoms with van der Waals surface area (Å²) in [6.45, 7) is 5.41. The van der Waals surface area contributed by atoms with E-state index in [2.05, 4.69) is 23.7 Å². The molecule has 0 saturated carbocycles. The second-order valence-corrected chi connectivity index (χ2v) is 6.87. The van der Waals surface area contributed by atoms with Crippen molar-refractivity contribution in [1.82, 2.24) is 9.88 Å². The van der Waals surface area contributed by atoms with Gasteiger partial charge in [-0.1, -0.05) is 6.07 Å². The molecule has 2 atom stereocenters. The topological polar surface area (TPSA) is 45.6 Å². The molecule has 0 spiro atoms. The predicted octanol–water partition coefficient (Wildman–Crippen LogP) is 2.36. The normalized spacial score (nSPS) is 32.8. The molecule has 0 radical (unpaired) electrons. The number of hydrogen-bond acceptors (Lipinski definition) is 4. The molecule has 4 nitrogen and oxygen atoms in total. The van der Waals surface area contributed by atoms with Crippen LogP contribution < -0.4 is 0 Å². The van der Waals surface area contributed by atoms with Crippen LogP contribution in [0.5, 0.6) is 0 Å². The summed E-state index contributed by atoms with van der Waals surface area (Å²) in [5.74, 6) is 0. The molecule has 0 aliphatic carbocycles. The molecule has 0 aromatic carbocycles. The molecular weight excluding hydrogens is 264 g/mol. The van der Waals surface area contributed by atoms with Gasteiger partial charge in [0.25, 0.3) is 0 Å². The second-order valence-electron chi connectivity index (χ2n) is 6.87. The zero-order valence-electron chi connectivity index (χ0n) is 13.0. The second kappa shape index (κ2) is 6.03. The Kier molecular flexibility index (Phi) is 4.29. The van der Waals surface area contributed by atoms with Crippen LogP contribution in [0.4, 0.5) is 0 Å². The highest BCUT2D eigenvalue weighted by atomic mass is 16.5. The molecule has 2 fully saturated rings. The lowest BCUT2D eigenvalue weighted by Crippen LogP contribution is -2.55. The van der Waals surface area contributed by atoms with E-state index in [9.17, 15) is 5.11 Å². The third kappa shape index (κ3) is 3.28. The lowest BCUT2D eigenvalue weighted by molar-refractivity contribution is -0.109. The van der Waals surface area contributed by atoms with E-state index < -0.39 is 5.60 Å². The molecule has 0 amide bonds. The number of pyridine rings is 1. The van der Waals surface area contributed by atoms with Gasteiger partial charge in [-0.2, -0.15) is 0 Å². The summed E-state index contributed by atoms with van der Waals surface area (Å²) in [6.07, 6.45) is 5.87. The average Bonchev–Trinajstić information content (AvgIpc) is 2.74. The molecule has 2 aliphatic rings. The third-order valence-electron chi connectivity index (χ3n) is 4.85. The van der Waals surface area contributed by atoms with Crippen molar-refractivity contribution in [2.45, 2.75) is 69.9 Å². The fourth-order valence-corrected chi connectivity index (χ4v) is 4.15. The van der Waals surface area contributed by atoms with Crippen molar-refractivity contribution in [3.63, 3.8) is 0 Å². The number of rotatable bonds is 5. The van der Waals surface area contributed by atoms with Crippen molar-refractivity contribution < 1.29 is 9.84 Å². The lowest BCUT2D eigenvalue weighted by Gasteiger charge is -2.45. The van der Waals surface area contributed by atoms with Gasteiger partial charge in [0, 0.05) is 24.3 Å². The van der Waals surface area contributed by atoms with E-state index >= 15 is 0 Å². The van der Waals surface area contributed by atoms with Crippen LogP contribution in [0.1, 0.15) is 45.2 Å². The SMILES string of the molecule is CC(C)N1C2CCC1CC(O)(COCc1ccccn1)C2. The fourth-order valence-electron chi connectivity index (χ4n) is 4.15. The summed E-state index contributed by atoms with van der Waals surface area (Å²) in [5.41, 5.74) is 0.259. The van der Waals surface area contributed by atoms with E-state index in [0.717, 1.165) is 18.5 Å². The van der Waals surface area contributed by atoms with Gasteiger partial charge in [0.05, 0.1) is 24.5 Å². The van der Waals surface area contributed by atoms with E-state index in [1.807, 2.05) is 18.2 Å². The molecular formula is C17H26N2O2. The van der Waals surface area contributed by atoms with Gasteiger partial charge >= 0.3 is 0 Å². The Morgan fingerprint density at radius 1 is 1.33 bits per heavy atom. The van der Waals surface area contributed by atoms with Crippen molar-refractivity contribution >= 4 is 0 Å². The summed E-state index contributed by atoms with van der Waals surface area (Å²) in [5, 5.41) is 10.9. The third-order valence-corrected chi connectivity index (χ3v) is 4.85. The van der Waals surface area contributed by atoms with Crippen LogP contribution in [0.15, 0.2) is 24.4 Å². The number of aromatic nitrogens is 1.